The topological polar surface area (TPSA) is 91.8 Å². The van der Waals surface area contributed by atoms with Gasteiger partial charge in [0.15, 0.2) is 0 Å². The first kappa shape index (κ1) is 29.6. The van der Waals surface area contributed by atoms with Crippen LogP contribution in [0.15, 0.2) is 54.6 Å². The number of hydrogen-bond donors (Lipinski definition) is 2. The molecule has 7 nitrogen and oxygen atoms in total. The van der Waals surface area contributed by atoms with Gasteiger partial charge in [0.2, 0.25) is 0 Å². The summed E-state index contributed by atoms with van der Waals surface area (Å²) in [5, 5.41) is 13.3. The minimum absolute atomic E-state index is 0.169. The number of aryl methyl sites for hydroxylation is 1. The summed E-state index contributed by atoms with van der Waals surface area (Å²) in [6.45, 7) is 3.51. The molecule has 0 unspecified atom stereocenters. The zero-order chi connectivity index (χ0) is 28.7. The van der Waals surface area contributed by atoms with Gasteiger partial charge in [-0.05, 0) is 75.2 Å². The Labute approximate surface area is 241 Å². The summed E-state index contributed by atoms with van der Waals surface area (Å²) in [6, 6.07) is 17.2. The molecule has 0 aliphatic heterocycles. The van der Waals surface area contributed by atoms with E-state index in [1.807, 2.05) is 44.4 Å². The number of hydrogen-bond acceptors (Lipinski definition) is 5. The van der Waals surface area contributed by atoms with Crippen LogP contribution >= 0.6 is 11.6 Å². The highest BCUT2D eigenvalue weighted by molar-refractivity contribution is 6.32. The fourth-order valence-electron chi connectivity index (χ4n) is 5.27. The summed E-state index contributed by atoms with van der Waals surface area (Å²) >= 11 is 6.49. The number of rotatable bonds is 11. The second-order valence-electron chi connectivity index (χ2n) is 10.7. The van der Waals surface area contributed by atoms with Crippen molar-refractivity contribution in [3.63, 3.8) is 0 Å². The minimum atomic E-state index is -1.27. The monoisotopic (exact) mass is 563 g/mol. The number of nitrogens with zero attached hydrogens (tertiary/aromatic N) is 2. The molecule has 1 amide bonds. The van der Waals surface area contributed by atoms with Gasteiger partial charge < -0.3 is 20.1 Å². The molecule has 0 bridgehead atoms. The second kappa shape index (κ2) is 13.3. The Morgan fingerprint density at radius 3 is 2.50 bits per heavy atom. The molecule has 0 saturated heterocycles. The zero-order valence-electron chi connectivity index (χ0n) is 23.5. The van der Waals surface area contributed by atoms with E-state index >= 15 is 0 Å². The van der Waals surface area contributed by atoms with Crippen molar-refractivity contribution in [3.8, 4) is 28.1 Å². The number of amides is 1. The van der Waals surface area contributed by atoms with E-state index in [0.717, 1.165) is 60.9 Å². The quantitative estimate of drug-likeness (QED) is 0.259. The molecule has 1 aliphatic carbocycles. The highest BCUT2D eigenvalue weighted by Crippen LogP contribution is 2.37. The van der Waals surface area contributed by atoms with Crippen LogP contribution in [-0.4, -0.2) is 59.7 Å². The Morgan fingerprint density at radius 2 is 1.80 bits per heavy atom. The highest BCUT2D eigenvalue weighted by atomic mass is 35.5. The molecule has 8 heteroatoms. The smallest absolute Gasteiger partial charge is 0.329 e. The number of halogens is 1. The first-order valence-electron chi connectivity index (χ1n) is 14.0. The number of ether oxygens (including phenoxy) is 1. The summed E-state index contributed by atoms with van der Waals surface area (Å²) in [5.41, 5.74) is 3.33. The third kappa shape index (κ3) is 6.83. The van der Waals surface area contributed by atoms with Gasteiger partial charge in [0.25, 0.3) is 5.91 Å². The number of pyridine rings is 1. The maximum atomic E-state index is 13.4. The van der Waals surface area contributed by atoms with Crippen molar-refractivity contribution in [2.45, 2.75) is 57.4 Å². The van der Waals surface area contributed by atoms with Crippen LogP contribution in [0, 0.1) is 0 Å². The van der Waals surface area contributed by atoms with Gasteiger partial charge in [0.1, 0.15) is 17.0 Å². The summed E-state index contributed by atoms with van der Waals surface area (Å²) in [6.07, 6.45) is 5.00. The van der Waals surface area contributed by atoms with Crippen LogP contribution in [0.25, 0.3) is 22.4 Å². The average Bonchev–Trinajstić information content (AvgIpc) is 2.96. The summed E-state index contributed by atoms with van der Waals surface area (Å²) in [5.74, 6) is -0.936. The molecule has 4 rings (SSSR count). The number of carboxylic acids is 1. The van der Waals surface area contributed by atoms with Crippen LogP contribution in [0.3, 0.4) is 0 Å². The van der Waals surface area contributed by atoms with E-state index in [1.54, 1.807) is 12.1 Å². The SMILES string of the molecule is CCc1ccccc1-c1ccc(C(=O)NC2(C(=O)O)CCCCC2)nc1-c1ccc(Cl)c(OCCCN(C)C)c1. The van der Waals surface area contributed by atoms with Crippen molar-refractivity contribution in [1.29, 1.82) is 0 Å². The van der Waals surface area contributed by atoms with Crippen LogP contribution in [0.5, 0.6) is 5.75 Å². The first-order valence-corrected chi connectivity index (χ1v) is 14.3. The van der Waals surface area contributed by atoms with Crippen LogP contribution < -0.4 is 10.1 Å². The molecule has 1 heterocycles. The summed E-state index contributed by atoms with van der Waals surface area (Å²) in [7, 11) is 4.04. The molecule has 3 aromatic rings. The van der Waals surface area contributed by atoms with Gasteiger partial charge in [0, 0.05) is 17.7 Å². The lowest BCUT2D eigenvalue weighted by Crippen LogP contribution is -2.55. The number of benzene rings is 2. The van der Waals surface area contributed by atoms with E-state index in [1.165, 1.54) is 0 Å². The lowest BCUT2D eigenvalue weighted by Gasteiger charge is -2.33. The normalized spacial score (nSPS) is 14.6. The Kier molecular flexibility index (Phi) is 9.82. The molecular weight excluding hydrogens is 526 g/mol. The minimum Gasteiger partial charge on any atom is -0.492 e. The molecular formula is C32H38ClN3O4. The Balaban J connectivity index is 1.75. The number of aliphatic carboxylic acids is 1. The average molecular weight is 564 g/mol. The number of aromatic nitrogens is 1. The standard InChI is InChI=1S/C32H38ClN3O4/c1-4-22-11-6-7-12-24(22)25-14-16-27(30(37)35-32(31(38)39)17-8-5-9-18-32)34-29(25)23-13-15-26(33)28(21-23)40-20-10-19-36(2)3/h6-7,11-16,21H,4-5,8-10,17-20H2,1-3H3,(H,35,37)(H,38,39). The maximum absolute atomic E-state index is 13.4. The van der Waals surface area contributed by atoms with Gasteiger partial charge >= 0.3 is 5.97 Å². The fourth-order valence-corrected chi connectivity index (χ4v) is 5.44. The van der Waals surface area contributed by atoms with E-state index in [0.29, 0.717) is 35.9 Å². The molecule has 212 valence electrons. The van der Waals surface area contributed by atoms with Crippen LogP contribution in [-0.2, 0) is 11.2 Å². The van der Waals surface area contributed by atoms with Crippen molar-refractivity contribution in [2.75, 3.05) is 27.2 Å². The highest BCUT2D eigenvalue weighted by Gasteiger charge is 2.41. The largest absolute Gasteiger partial charge is 0.492 e. The van der Waals surface area contributed by atoms with Gasteiger partial charge in [-0.1, -0.05) is 68.1 Å². The van der Waals surface area contributed by atoms with Crippen molar-refractivity contribution in [2.24, 2.45) is 0 Å². The third-order valence-corrected chi connectivity index (χ3v) is 7.81. The van der Waals surface area contributed by atoms with Crippen LogP contribution in [0.4, 0.5) is 0 Å². The number of carbonyl (C=O) groups is 2. The zero-order valence-corrected chi connectivity index (χ0v) is 24.3. The molecule has 1 fully saturated rings. The summed E-state index contributed by atoms with van der Waals surface area (Å²) in [4.78, 5) is 32.6. The molecule has 0 atom stereocenters. The maximum Gasteiger partial charge on any atom is 0.329 e. The van der Waals surface area contributed by atoms with Crippen molar-refractivity contribution in [1.82, 2.24) is 15.2 Å². The summed E-state index contributed by atoms with van der Waals surface area (Å²) < 4.78 is 6.03. The number of carboxylic acid groups (broad SMARTS) is 1. The second-order valence-corrected chi connectivity index (χ2v) is 11.1. The van der Waals surface area contributed by atoms with Crippen LogP contribution in [0.2, 0.25) is 5.02 Å². The Bertz CT molecular complexity index is 1350. The molecule has 40 heavy (non-hydrogen) atoms. The van der Waals surface area contributed by atoms with Gasteiger partial charge in [-0.2, -0.15) is 0 Å². The Hall–Kier alpha value is -3.42. The van der Waals surface area contributed by atoms with Gasteiger partial charge in [-0.25, -0.2) is 9.78 Å². The molecule has 0 spiro atoms. The van der Waals surface area contributed by atoms with Crippen molar-refractivity contribution in [3.05, 3.63) is 70.9 Å². The van der Waals surface area contributed by atoms with Gasteiger partial charge in [-0.15, -0.1) is 0 Å². The van der Waals surface area contributed by atoms with Crippen molar-refractivity contribution >= 4 is 23.5 Å². The third-order valence-electron chi connectivity index (χ3n) is 7.50. The number of carbonyl (C=O) groups excluding carboxylic acids is 1. The van der Waals surface area contributed by atoms with Crippen molar-refractivity contribution < 1.29 is 19.4 Å². The molecule has 1 saturated carbocycles. The predicted octanol–water partition coefficient (Wildman–Crippen LogP) is 6.48. The van der Waals surface area contributed by atoms with E-state index in [4.69, 9.17) is 21.3 Å². The lowest BCUT2D eigenvalue weighted by atomic mass is 9.81. The molecule has 1 aromatic heterocycles. The molecule has 2 aromatic carbocycles. The number of nitrogens with one attached hydrogen (secondary N) is 1. The lowest BCUT2D eigenvalue weighted by molar-refractivity contribution is -0.145. The molecule has 0 radical (unpaired) electrons. The predicted molar refractivity (Wildman–Crippen MR) is 159 cm³/mol. The Morgan fingerprint density at radius 1 is 1.05 bits per heavy atom. The van der Waals surface area contributed by atoms with Crippen LogP contribution in [0.1, 0.15) is 61.5 Å². The first-order chi connectivity index (χ1) is 19.2. The van der Waals surface area contributed by atoms with E-state index in [2.05, 4.69) is 29.3 Å². The molecule has 2 N–H and O–H groups in total. The van der Waals surface area contributed by atoms with E-state index < -0.39 is 17.4 Å². The van der Waals surface area contributed by atoms with Gasteiger partial charge in [0.05, 0.1) is 17.3 Å². The van der Waals surface area contributed by atoms with Gasteiger partial charge in [-0.3, -0.25) is 4.79 Å². The van der Waals surface area contributed by atoms with E-state index in [9.17, 15) is 14.7 Å². The fraction of sp³-hybridized carbons (Fsp3) is 0.406. The van der Waals surface area contributed by atoms with E-state index in [-0.39, 0.29) is 5.69 Å². The molecule has 1 aliphatic rings.